The van der Waals surface area contributed by atoms with Gasteiger partial charge in [-0.05, 0) is 44.2 Å². The first-order chi connectivity index (χ1) is 11.3. The van der Waals surface area contributed by atoms with Gasteiger partial charge in [-0.1, -0.05) is 0 Å². The Hall–Kier alpha value is -3.00. The second kappa shape index (κ2) is 7.05. The van der Waals surface area contributed by atoms with E-state index in [0.717, 1.165) is 12.8 Å². The van der Waals surface area contributed by atoms with E-state index in [1.807, 2.05) is 6.92 Å². The number of carboxylic acids is 1. The van der Waals surface area contributed by atoms with Gasteiger partial charge in [0.25, 0.3) is 5.91 Å². The molecule has 1 amide bonds. The van der Waals surface area contributed by atoms with Crippen molar-refractivity contribution in [3.05, 3.63) is 42.2 Å². The third kappa shape index (κ3) is 3.85. The van der Waals surface area contributed by atoms with Crippen molar-refractivity contribution in [1.29, 1.82) is 0 Å². The molecular formula is C16H17N3O5. The minimum absolute atomic E-state index is 0.213. The number of anilines is 1. The second-order valence-electron chi connectivity index (χ2n) is 5.10. The summed E-state index contributed by atoms with van der Waals surface area (Å²) in [4.78, 5) is 31.3. The summed E-state index contributed by atoms with van der Waals surface area (Å²) in [5.41, 5.74) is -0.789. The molecule has 0 saturated carbocycles. The number of ether oxygens (including phenoxy) is 2. The van der Waals surface area contributed by atoms with Crippen LogP contribution in [-0.2, 0) is 14.3 Å². The summed E-state index contributed by atoms with van der Waals surface area (Å²) in [6.07, 6.45) is 1.59. The van der Waals surface area contributed by atoms with Gasteiger partial charge in [-0.15, -0.1) is 0 Å². The SMILES string of the molecule is COC(C)(C(=O)O)C(=O)Nc1ccc(Oc2nccc(C)n2)cc1. The molecule has 0 aliphatic carbocycles. The van der Waals surface area contributed by atoms with Gasteiger partial charge in [-0.2, -0.15) is 0 Å². The van der Waals surface area contributed by atoms with E-state index in [0.29, 0.717) is 11.4 Å². The van der Waals surface area contributed by atoms with Crippen molar-refractivity contribution in [2.45, 2.75) is 19.4 Å². The van der Waals surface area contributed by atoms with Crippen LogP contribution >= 0.6 is 0 Å². The summed E-state index contributed by atoms with van der Waals surface area (Å²) in [6.45, 7) is 3.00. The summed E-state index contributed by atoms with van der Waals surface area (Å²) in [5, 5.41) is 11.6. The lowest BCUT2D eigenvalue weighted by atomic mass is 10.1. The van der Waals surface area contributed by atoms with E-state index >= 15 is 0 Å². The van der Waals surface area contributed by atoms with E-state index in [-0.39, 0.29) is 6.01 Å². The van der Waals surface area contributed by atoms with Gasteiger partial charge in [-0.25, -0.2) is 14.8 Å². The molecule has 2 rings (SSSR count). The molecule has 24 heavy (non-hydrogen) atoms. The van der Waals surface area contributed by atoms with Crippen LogP contribution in [0.3, 0.4) is 0 Å². The molecule has 8 nitrogen and oxygen atoms in total. The lowest BCUT2D eigenvalue weighted by molar-refractivity contribution is -0.165. The highest BCUT2D eigenvalue weighted by Crippen LogP contribution is 2.21. The zero-order chi connectivity index (χ0) is 17.7. The molecule has 0 saturated heterocycles. The maximum absolute atomic E-state index is 12.1. The average Bonchev–Trinajstić information content (AvgIpc) is 2.55. The third-order valence-electron chi connectivity index (χ3n) is 3.34. The Morgan fingerprint density at radius 2 is 1.88 bits per heavy atom. The summed E-state index contributed by atoms with van der Waals surface area (Å²) in [5.74, 6) is -1.68. The first kappa shape index (κ1) is 17.4. The van der Waals surface area contributed by atoms with Crippen molar-refractivity contribution >= 4 is 17.6 Å². The molecule has 1 aromatic heterocycles. The Labute approximate surface area is 138 Å². The molecule has 2 aromatic rings. The minimum atomic E-state index is -1.97. The number of hydrogen-bond acceptors (Lipinski definition) is 6. The number of rotatable bonds is 6. The minimum Gasteiger partial charge on any atom is -0.479 e. The molecule has 2 N–H and O–H groups in total. The number of aliphatic carboxylic acids is 1. The average molecular weight is 331 g/mol. The van der Waals surface area contributed by atoms with Crippen molar-refractivity contribution < 1.29 is 24.2 Å². The summed E-state index contributed by atoms with van der Waals surface area (Å²) >= 11 is 0. The number of benzene rings is 1. The number of amides is 1. The molecule has 0 fully saturated rings. The maximum atomic E-state index is 12.1. The van der Waals surface area contributed by atoms with E-state index in [1.54, 1.807) is 36.5 Å². The van der Waals surface area contributed by atoms with E-state index in [4.69, 9.17) is 14.6 Å². The predicted octanol–water partition coefficient (Wildman–Crippen LogP) is 2.01. The Morgan fingerprint density at radius 1 is 1.21 bits per heavy atom. The summed E-state index contributed by atoms with van der Waals surface area (Å²) in [7, 11) is 1.16. The highest BCUT2D eigenvalue weighted by Gasteiger charge is 2.41. The van der Waals surface area contributed by atoms with E-state index in [1.165, 1.54) is 6.92 Å². The number of aromatic nitrogens is 2. The molecule has 0 aliphatic rings. The van der Waals surface area contributed by atoms with Crippen molar-refractivity contribution in [2.75, 3.05) is 12.4 Å². The van der Waals surface area contributed by atoms with Crippen LogP contribution in [0.5, 0.6) is 11.8 Å². The Bertz CT molecular complexity index is 748. The van der Waals surface area contributed by atoms with Crippen LogP contribution in [0.2, 0.25) is 0 Å². The second-order valence-corrected chi connectivity index (χ2v) is 5.10. The van der Waals surface area contributed by atoms with Gasteiger partial charge in [0.2, 0.25) is 5.60 Å². The Kier molecular flexibility index (Phi) is 5.10. The number of carboxylic acid groups (broad SMARTS) is 1. The summed E-state index contributed by atoms with van der Waals surface area (Å²) in [6, 6.07) is 8.31. The fraction of sp³-hybridized carbons (Fsp3) is 0.250. The molecule has 0 bridgehead atoms. The number of nitrogens with zero attached hydrogens (tertiary/aromatic N) is 2. The molecule has 1 unspecified atom stereocenters. The smallest absolute Gasteiger partial charge is 0.345 e. The quantitative estimate of drug-likeness (QED) is 0.779. The number of carbonyl (C=O) groups excluding carboxylic acids is 1. The van der Waals surface area contributed by atoms with Crippen molar-refractivity contribution in [3.63, 3.8) is 0 Å². The van der Waals surface area contributed by atoms with Gasteiger partial charge < -0.3 is 19.9 Å². The number of hydrogen-bond donors (Lipinski definition) is 2. The van der Waals surface area contributed by atoms with Gasteiger partial charge in [0.15, 0.2) is 0 Å². The monoisotopic (exact) mass is 331 g/mol. The molecule has 1 atom stereocenters. The number of aryl methyl sites for hydroxylation is 1. The molecule has 0 spiro atoms. The molecule has 0 radical (unpaired) electrons. The van der Waals surface area contributed by atoms with E-state index in [9.17, 15) is 9.59 Å². The van der Waals surface area contributed by atoms with Gasteiger partial charge in [-0.3, -0.25) is 4.79 Å². The van der Waals surface area contributed by atoms with Crippen LogP contribution in [0, 0.1) is 6.92 Å². The maximum Gasteiger partial charge on any atom is 0.345 e. The topological polar surface area (TPSA) is 111 Å². The van der Waals surface area contributed by atoms with Gasteiger partial charge in [0, 0.05) is 24.7 Å². The molecular weight excluding hydrogens is 314 g/mol. The van der Waals surface area contributed by atoms with Crippen LogP contribution in [0.4, 0.5) is 5.69 Å². The van der Waals surface area contributed by atoms with E-state index in [2.05, 4.69) is 15.3 Å². The normalized spacial score (nSPS) is 13.0. The number of carbonyl (C=O) groups is 2. The van der Waals surface area contributed by atoms with Crippen molar-refractivity contribution in [1.82, 2.24) is 9.97 Å². The molecule has 1 heterocycles. The zero-order valence-electron chi connectivity index (χ0n) is 13.4. The van der Waals surface area contributed by atoms with Gasteiger partial charge >= 0.3 is 12.0 Å². The highest BCUT2D eigenvalue weighted by molar-refractivity contribution is 6.11. The van der Waals surface area contributed by atoms with Crippen LogP contribution < -0.4 is 10.1 Å². The number of nitrogens with one attached hydrogen (secondary N) is 1. The summed E-state index contributed by atoms with van der Waals surface area (Å²) < 4.78 is 10.3. The van der Waals surface area contributed by atoms with Crippen LogP contribution in [0.15, 0.2) is 36.5 Å². The van der Waals surface area contributed by atoms with Crippen LogP contribution in [0.1, 0.15) is 12.6 Å². The first-order valence-electron chi connectivity index (χ1n) is 7.02. The van der Waals surface area contributed by atoms with Gasteiger partial charge in [0.05, 0.1) is 0 Å². The highest BCUT2D eigenvalue weighted by atomic mass is 16.5. The zero-order valence-corrected chi connectivity index (χ0v) is 13.4. The predicted molar refractivity (Wildman–Crippen MR) is 85.0 cm³/mol. The first-order valence-corrected chi connectivity index (χ1v) is 7.02. The number of methoxy groups -OCH3 is 1. The van der Waals surface area contributed by atoms with Crippen LogP contribution in [-0.4, -0.2) is 39.7 Å². The molecule has 0 aliphatic heterocycles. The largest absolute Gasteiger partial charge is 0.479 e. The molecule has 126 valence electrons. The standard InChI is InChI=1S/C16H17N3O5/c1-10-8-9-17-15(18-10)24-12-6-4-11(5-7-12)19-13(20)16(2,23-3)14(21)22/h4-9H,1-3H3,(H,19,20)(H,21,22). The van der Waals surface area contributed by atoms with Crippen LogP contribution in [0.25, 0.3) is 0 Å². The third-order valence-corrected chi connectivity index (χ3v) is 3.34. The Morgan fingerprint density at radius 3 is 2.42 bits per heavy atom. The fourth-order valence-corrected chi connectivity index (χ4v) is 1.71. The lowest BCUT2D eigenvalue weighted by Crippen LogP contribution is -2.48. The van der Waals surface area contributed by atoms with Crippen molar-refractivity contribution in [2.24, 2.45) is 0 Å². The molecule has 1 aromatic carbocycles. The van der Waals surface area contributed by atoms with Gasteiger partial charge in [0.1, 0.15) is 5.75 Å². The van der Waals surface area contributed by atoms with E-state index < -0.39 is 17.5 Å². The van der Waals surface area contributed by atoms with Crippen molar-refractivity contribution in [3.8, 4) is 11.8 Å². The fourth-order valence-electron chi connectivity index (χ4n) is 1.71. The molecule has 8 heteroatoms. The lowest BCUT2D eigenvalue weighted by Gasteiger charge is -2.21. The Balaban J connectivity index is 2.07.